The summed E-state index contributed by atoms with van der Waals surface area (Å²) in [5.74, 6) is -1.01. The number of fused-ring (bicyclic) bond motifs is 1. The number of nitro groups is 1. The molecule has 31 heavy (non-hydrogen) atoms. The fourth-order valence-electron chi connectivity index (χ4n) is 3.02. The lowest BCUT2D eigenvalue weighted by Crippen LogP contribution is -2.38. The van der Waals surface area contributed by atoms with Crippen molar-refractivity contribution in [2.45, 2.75) is 13.2 Å². The smallest absolute Gasteiger partial charge is 0.433 e. The maximum atomic E-state index is 12.9. The Morgan fingerprint density at radius 2 is 1.94 bits per heavy atom. The van der Waals surface area contributed by atoms with E-state index in [1.807, 2.05) is 30.3 Å². The van der Waals surface area contributed by atoms with Crippen molar-refractivity contribution in [1.82, 2.24) is 9.13 Å². The Labute approximate surface area is 177 Å². The molecule has 0 spiro atoms. The molecule has 4 aromatic rings. The summed E-state index contributed by atoms with van der Waals surface area (Å²) in [6, 6.07) is 13.0. The molecule has 10 nitrogen and oxygen atoms in total. The number of thiophene rings is 1. The van der Waals surface area contributed by atoms with Gasteiger partial charge in [-0.05, 0) is 17.7 Å². The minimum Gasteiger partial charge on any atom is -0.457 e. The molecule has 0 saturated heterocycles. The fourth-order valence-corrected chi connectivity index (χ4v) is 4.02. The van der Waals surface area contributed by atoms with E-state index in [0.29, 0.717) is 4.83 Å². The Kier molecular flexibility index (Phi) is 5.26. The van der Waals surface area contributed by atoms with Gasteiger partial charge in [0.25, 0.3) is 5.56 Å². The number of hydrogen-bond donors (Lipinski definition) is 0. The quantitative estimate of drug-likeness (QED) is 0.256. The zero-order chi connectivity index (χ0) is 22.1. The average molecular weight is 441 g/mol. The van der Waals surface area contributed by atoms with Gasteiger partial charge >= 0.3 is 17.5 Å². The summed E-state index contributed by atoms with van der Waals surface area (Å²) in [4.78, 5) is 48.6. The topological polar surface area (TPSA) is 127 Å². The summed E-state index contributed by atoms with van der Waals surface area (Å²) in [6.07, 6.45) is 0. The van der Waals surface area contributed by atoms with Crippen molar-refractivity contribution in [3.8, 4) is 0 Å². The molecule has 3 aromatic heterocycles. The van der Waals surface area contributed by atoms with Crippen LogP contribution < -0.4 is 11.2 Å². The van der Waals surface area contributed by atoms with Crippen LogP contribution in [0.1, 0.15) is 21.0 Å². The summed E-state index contributed by atoms with van der Waals surface area (Å²) >= 11 is 0.981. The lowest BCUT2D eigenvalue weighted by atomic mass is 10.2. The maximum absolute atomic E-state index is 12.9. The molecule has 0 atom stereocenters. The lowest BCUT2D eigenvalue weighted by molar-refractivity contribution is -0.402. The van der Waals surface area contributed by atoms with Gasteiger partial charge in [0.1, 0.15) is 27.0 Å². The van der Waals surface area contributed by atoms with Crippen molar-refractivity contribution in [2.75, 3.05) is 0 Å². The van der Waals surface area contributed by atoms with Crippen LogP contribution in [0.3, 0.4) is 0 Å². The Hall–Kier alpha value is -3.99. The maximum Gasteiger partial charge on any atom is 0.433 e. The molecule has 158 valence electrons. The monoisotopic (exact) mass is 441 g/mol. The molecule has 0 radical (unpaired) electrons. The van der Waals surface area contributed by atoms with Gasteiger partial charge in [-0.2, -0.15) is 0 Å². The molecule has 11 heteroatoms. The summed E-state index contributed by atoms with van der Waals surface area (Å²) in [5.41, 5.74) is -0.447. The number of nitrogens with zero attached hydrogens (tertiary/aromatic N) is 3. The predicted molar refractivity (Wildman–Crippen MR) is 111 cm³/mol. The number of carbonyl (C=O) groups is 1. The van der Waals surface area contributed by atoms with Crippen molar-refractivity contribution in [3.63, 3.8) is 0 Å². The van der Waals surface area contributed by atoms with Gasteiger partial charge in [-0.15, -0.1) is 11.3 Å². The Balaban J connectivity index is 1.66. The number of benzene rings is 1. The normalized spacial score (nSPS) is 11.0. The second-order valence-electron chi connectivity index (χ2n) is 6.62. The molecule has 0 unspecified atom stereocenters. The molecule has 0 aliphatic heterocycles. The van der Waals surface area contributed by atoms with Crippen LogP contribution in [0.2, 0.25) is 0 Å². The first kappa shape index (κ1) is 20.3. The van der Waals surface area contributed by atoms with E-state index in [-0.39, 0.29) is 29.2 Å². The highest BCUT2D eigenvalue weighted by Gasteiger charge is 2.20. The van der Waals surface area contributed by atoms with Gasteiger partial charge in [-0.3, -0.25) is 24.0 Å². The Morgan fingerprint density at radius 3 is 2.61 bits per heavy atom. The lowest BCUT2D eigenvalue weighted by Gasteiger charge is -2.06. The first-order valence-corrected chi connectivity index (χ1v) is 9.84. The van der Waals surface area contributed by atoms with Gasteiger partial charge in [0.05, 0.1) is 18.0 Å². The van der Waals surface area contributed by atoms with Crippen LogP contribution in [0.5, 0.6) is 0 Å². The van der Waals surface area contributed by atoms with E-state index < -0.39 is 28.0 Å². The SMILES string of the molecule is Cn1c(=O)n(Cc2ccc([N+](=O)[O-])o2)c(=O)c2cc(C(=O)OCc3ccccc3)sc21. The molecule has 0 amide bonds. The zero-order valence-electron chi connectivity index (χ0n) is 16.1. The van der Waals surface area contributed by atoms with Crippen LogP contribution >= 0.6 is 11.3 Å². The standard InChI is InChI=1S/C20H15N3O7S/c1-21-18-14(9-15(31-18)19(25)29-11-12-5-3-2-4-6-12)17(24)22(20(21)26)10-13-7-8-16(30-13)23(27)28/h2-9H,10-11H2,1H3. The third-order valence-corrected chi connectivity index (χ3v) is 5.76. The summed E-state index contributed by atoms with van der Waals surface area (Å²) < 4.78 is 12.5. The number of esters is 1. The van der Waals surface area contributed by atoms with Gasteiger partial charge < -0.3 is 9.15 Å². The van der Waals surface area contributed by atoms with Crippen LogP contribution in [0.25, 0.3) is 10.2 Å². The van der Waals surface area contributed by atoms with E-state index in [9.17, 15) is 24.5 Å². The van der Waals surface area contributed by atoms with Crippen LogP contribution in [0, 0.1) is 10.1 Å². The predicted octanol–water partition coefficient (Wildman–Crippen LogP) is 2.67. The molecule has 0 fully saturated rings. The molecule has 0 N–H and O–H groups in total. The summed E-state index contributed by atoms with van der Waals surface area (Å²) in [6.45, 7) is -0.201. The number of rotatable bonds is 6. The van der Waals surface area contributed by atoms with Crippen LogP contribution in [0.15, 0.2) is 62.5 Å². The summed E-state index contributed by atoms with van der Waals surface area (Å²) in [7, 11) is 1.47. The van der Waals surface area contributed by atoms with Gasteiger partial charge in [0, 0.05) is 7.05 Å². The first-order valence-electron chi connectivity index (χ1n) is 9.02. The van der Waals surface area contributed by atoms with Crippen molar-refractivity contribution in [3.05, 3.63) is 95.7 Å². The highest BCUT2D eigenvalue weighted by Crippen LogP contribution is 2.23. The van der Waals surface area contributed by atoms with Gasteiger partial charge in [0.15, 0.2) is 0 Å². The van der Waals surface area contributed by atoms with Gasteiger partial charge in [-0.25, -0.2) is 9.59 Å². The van der Waals surface area contributed by atoms with Crippen molar-refractivity contribution in [2.24, 2.45) is 7.05 Å². The van der Waals surface area contributed by atoms with E-state index in [1.165, 1.54) is 23.7 Å². The zero-order valence-corrected chi connectivity index (χ0v) is 17.0. The number of ether oxygens (including phenoxy) is 1. The molecule has 0 aliphatic rings. The molecule has 3 heterocycles. The minimum atomic E-state index is -0.709. The van der Waals surface area contributed by atoms with Gasteiger partial charge in [0.2, 0.25) is 0 Å². The molecule has 0 aliphatic carbocycles. The van der Waals surface area contributed by atoms with Crippen molar-refractivity contribution >= 4 is 33.4 Å². The number of furan rings is 1. The molecular formula is C20H15N3O7S. The third-order valence-electron chi connectivity index (χ3n) is 4.57. The highest BCUT2D eigenvalue weighted by molar-refractivity contribution is 7.20. The van der Waals surface area contributed by atoms with E-state index in [2.05, 4.69) is 0 Å². The minimum absolute atomic E-state index is 0.0777. The Morgan fingerprint density at radius 1 is 1.19 bits per heavy atom. The van der Waals surface area contributed by atoms with E-state index in [1.54, 1.807) is 0 Å². The molecule has 0 saturated carbocycles. The van der Waals surface area contributed by atoms with Gasteiger partial charge in [-0.1, -0.05) is 30.3 Å². The second kappa shape index (κ2) is 8.03. The average Bonchev–Trinajstić information content (AvgIpc) is 3.42. The van der Waals surface area contributed by atoms with E-state index in [4.69, 9.17) is 9.15 Å². The third kappa shape index (κ3) is 3.90. The van der Waals surface area contributed by atoms with Crippen LogP contribution in [-0.2, 0) is 24.9 Å². The van der Waals surface area contributed by atoms with Crippen LogP contribution in [0.4, 0.5) is 5.88 Å². The van der Waals surface area contributed by atoms with Crippen molar-refractivity contribution < 1.29 is 18.9 Å². The summed E-state index contributed by atoms with van der Waals surface area (Å²) in [5, 5.41) is 10.9. The second-order valence-corrected chi connectivity index (χ2v) is 7.65. The highest BCUT2D eigenvalue weighted by atomic mass is 32.1. The Bertz CT molecular complexity index is 1410. The van der Waals surface area contributed by atoms with E-state index in [0.717, 1.165) is 27.5 Å². The molecule has 1 aromatic carbocycles. The first-order chi connectivity index (χ1) is 14.8. The number of hydrogen-bond acceptors (Lipinski definition) is 8. The molecule has 0 bridgehead atoms. The van der Waals surface area contributed by atoms with E-state index >= 15 is 0 Å². The molecular weight excluding hydrogens is 426 g/mol. The largest absolute Gasteiger partial charge is 0.457 e. The fraction of sp³-hybridized carbons (Fsp3) is 0.150. The van der Waals surface area contributed by atoms with Crippen molar-refractivity contribution in [1.29, 1.82) is 0 Å². The number of aryl methyl sites for hydroxylation is 1. The number of carbonyl (C=O) groups excluding carboxylic acids is 1. The number of aromatic nitrogens is 2. The van der Waals surface area contributed by atoms with Crippen LogP contribution in [-0.4, -0.2) is 20.0 Å². The molecule has 4 rings (SSSR count).